The Morgan fingerprint density at radius 1 is 1.15 bits per heavy atom. The molecule has 3 nitrogen and oxygen atoms in total. The van der Waals surface area contributed by atoms with Crippen LogP contribution in [0.1, 0.15) is 36.0 Å². The predicted molar refractivity (Wildman–Crippen MR) is 82.4 cm³/mol. The van der Waals surface area contributed by atoms with Gasteiger partial charge < -0.3 is 9.80 Å². The van der Waals surface area contributed by atoms with Gasteiger partial charge in [-0.2, -0.15) is 0 Å². The summed E-state index contributed by atoms with van der Waals surface area (Å²) in [5.74, 6) is 0.559. The van der Waals surface area contributed by atoms with Crippen LogP contribution in [0.3, 0.4) is 0 Å². The lowest BCUT2D eigenvalue weighted by molar-refractivity contribution is 0.0767. The monoisotopic (exact) mass is 272 g/mol. The summed E-state index contributed by atoms with van der Waals surface area (Å²) in [5, 5.41) is 0. The first-order valence-electron chi connectivity index (χ1n) is 7.60. The van der Waals surface area contributed by atoms with Crippen molar-refractivity contribution in [2.75, 3.05) is 26.0 Å². The zero-order valence-electron chi connectivity index (χ0n) is 12.7. The van der Waals surface area contributed by atoms with Crippen LogP contribution in [0.15, 0.2) is 24.3 Å². The largest absolute Gasteiger partial charge is 0.377 e. The summed E-state index contributed by atoms with van der Waals surface area (Å²) in [5.41, 5.74) is 1.94. The molecule has 1 aromatic carbocycles. The number of para-hydroxylation sites is 1. The summed E-state index contributed by atoms with van der Waals surface area (Å²) in [4.78, 5) is 17.4. The Hall–Kier alpha value is -1.35. The Kier molecular flexibility index (Phi) is 3.55. The van der Waals surface area contributed by atoms with Crippen LogP contribution in [0.2, 0.25) is 0 Å². The number of anilines is 1. The number of nitrogens with zero attached hydrogens (tertiary/aromatic N) is 2. The maximum absolute atomic E-state index is 12.9. The fourth-order valence-corrected chi connectivity index (χ4v) is 3.92. The van der Waals surface area contributed by atoms with Crippen molar-refractivity contribution in [1.29, 1.82) is 0 Å². The summed E-state index contributed by atoms with van der Waals surface area (Å²) in [6.07, 6.45) is 4.60. The molecule has 2 saturated heterocycles. The molecule has 2 heterocycles. The van der Waals surface area contributed by atoms with Crippen molar-refractivity contribution < 1.29 is 4.79 Å². The Labute approximate surface area is 121 Å². The van der Waals surface area contributed by atoms with E-state index in [9.17, 15) is 4.79 Å². The zero-order chi connectivity index (χ0) is 14.3. The van der Waals surface area contributed by atoms with Crippen LogP contribution in [0.4, 0.5) is 5.69 Å². The van der Waals surface area contributed by atoms with Crippen LogP contribution in [0, 0.1) is 5.92 Å². The van der Waals surface area contributed by atoms with E-state index in [0.29, 0.717) is 17.9 Å². The third kappa shape index (κ3) is 2.24. The van der Waals surface area contributed by atoms with E-state index >= 15 is 0 Å². The molecule has 2 fully saturated rings. The molecule has 2 aliphatic heterocycles. The van der Waals surface area contributed by atoms with E-state index in [1.165, 1.54) is 12.8 Å². The molecule has 0 aromatic heterocycles. The van der Waals surface area contributed by atoms with Crippen LogP contribution in [0.25, 0.3) is 0 Å². The number of carbonyl (C=O) groups is 1. The molecule has 2 atom stereocenters. The van der Waals surface area contributed by atoms with E-state index in [-0.39, 0.29) is 5.92 Å². The lowest BCUT2D eigenvalue weighted by atomic mass is 9.84. The highest BCUT2D eigenvalue weighted by Crippen LogP contribution is 2.39. The summed E-state index contributed by atoms with van der Waals surface area (Å²) >= 11 is 0. The Morgan fingerprint density at radius 2 is 1.75 bits per heavy atom. The summed E-state index contributed by atoms with van der Waals surface area (Å²) in [6, 6.07) is 9.24. The molecule has 0 N–H and O–H groups in total. The number of piperidine rings is 1. The Bertz CT molecular complexity index is 497. The predicted octanol–water partition coefficient (Wildman–Crippen LogP) is 2.81. The number of carbonyl (C=O) groups excluding carboxylic acids is 1. The van der Waals surface area contributed by atoms with E-state index in [1.807, 2.05) is 43.3 Å². The van der Waals surface area contributed by atoms with Gasteiger partial charge in [0.2, 0.25) is 0 Å². The molecular formula is C17H24N2O. The first kappa shape index (κ1) is 13.6. The van der Waals surface area contributed by atoms with Crippen LogP contribution < -0.4 is 4.90 Å². The van der Waals surface area contributed by atoms with Gasteiger partial charge in [0.15, 0.2) is 5.78 Å². The molecule has 0 saturated carbocycles. The van der Waals surface area contributed by atoms with E-state index < -0.39 is 0 Å². The van der Waals surface area contributed by atoms with Gasteiger partial charge in [-0.3, -0.25) is 4.79 Å². The van der Waals surface area contributed by atoms with Gasteiger partial charge in [-0.1, -0.05) is 12.1 Å². The van der Waals surface area contributed by atoms with Gasteiger partial charge in [-0.05, 0) is 44.9 Å². The summed E-state index contributed by atoms with van der Waals surface area (Å²) in [7, 11) is 6.23. The van der Waals surface area contributed by atoms with E-state index in [0.717, 1.165) is 24.1 Å². The normalized spacial score (nSPS) is 29.4. The minimum atomic E-state index is 0.213. The fourth-order valence-electron chi connectivity index (χ4n) is 3.92. The van der Waals surface area contributed by atoms with Gasteiger partial charge in [-0.25, -0.2) is 0 Å². The third-order valence-corrected chi connectivity index (χ3v) is 5.12. The van der Waals surface area contributed by atoms with Gasteiger partial charge in [-0.15, -0.1) is 0 Å². The van der Waals surface area contributed by atoms with Gasteiger partial charge in [0.1, 0.15) is 0 Å². The van der Waals surface area contributed by atoms with Crippen LogP contribution in [-0.2, 0) is 0 Å². The number of hydrogen-bond acceptors (Lipinski definition) is 3. The molecule has 3 heteroatoms. The molecule has 3 rings (SSSR count). The highest BCUT2D eigenvalue weighted by molar-refractivity contribution is 6.02. The molecule has 0 radical (unpaired) electrons. The lowest BCUT2D eigenvalue weighted by Gasteiger charge is -2.36. The van der Waals surface area contributed by atoms with Gasteiger partial charge in [0.05, 0.1) is 0 Å². The topological polar surface area (TPSA) is 23.6 Å². The molecule has 0 amide bonds. The highest BCUT2D eigenvalue weighted by atomic mass is 16.1. The minimum absolute atomic E-state index is 0.213. The SMILES string of the molecule is CN(C)c1ccccc1C(=O)C1CC2CCC(C1)N2C. The quantitative estimate of drug-likeness (QED) is 0.791. The average Bonchev–Trinajstić information content (AvgIpc) is 2.68. The highest BCUT2D eigenvalue weighted by Gasteiger charge is 2.41. The van der Waals surface area contributed by atoms with E-state index in [2.05, 4.69) is 11.9 Å². The van der Waals surface area contributed by atoms with Crippen LogP contribution in [-0.4, -0.2) is 43.9 Å². The molecule has 20 heavy (non-hydrogen) atoms. The fraction of sp³-hybridized carbons (Fsp3) is 0.588. The van der Waals surface area contributed by atoms with Crippen molar-refractivity contribution in [1.82, 2.24) is 4.90 Å². The standard InChI is InChI=1S/C17H24N2O/c1-18(2)16-7-5-4-6-15(16)17(20)12-10-13-8-9-14(11-12)19(13)3/h4-7,12-14H,8-11H2,1-3H3. The summed E-state index contributed by atoms with van der Waals surface area (Å²) < 4.78 is 0. The second-order valence-electron chi connectivity index (χ2n) is 6.49. The maximum atomic E-state index is 12.9. The number of hydrogen-bond donors (Lipinski definition) is 0. The van der Waals surface area contributed by atoms with Crippen LogP contribution >= 0.6 is 0 Å². The number of Topliss-reactive ketones (excluding diaryl/α,β-unsaturated/α-hetero) is 1. The van der Waals surface area contributed by atoms with Crippen LogP contribution in [0.5, 0.6) is 0 Å². The van der Waals surface area contributed by atoms with Crippen molar-refractivity contribution in [3.05, 3.63) is 29.8 Å². The van der Waals surface area contributed by atoms with Gasteiger partial charge >= 0.3 is 0 Å². The smallest absolute Gasteiger partial charge is 0.168 e. The van der Waals surface area contributed by atoms with Crippen molar-refractivity contribution in [2.24, 2.45) is 5.92 Å². The minimum Gasteiger partial charge on any atom is -0.377 e. The number of ketones is 1. The molecule has 108 valence electrons. The molecule has 2 aliphatic rings. The van der Waals surface area contributed by atoms with Crippen molar-refractivity contribution in [3.63, 3.8) is 0 Å². The van der Waals surface area contributed by atoms with Crippen molar-refractivity contribution in [2.45, 2.75) is 37.8 Å². The molecule has 0 aliphatic carbocycles. The molecule has 2 bridgehead atoms. The maximum Gasteiger partial charge on any atom is 0.168 e. The first-order valence-corrected chi connectivity index (χ1v) is 7.60. The number of benzene rings is 1. The second kappa shape index (κ2) is 5.21. The Balaban J connectivity index is 1.84. The van der Waals surface area contributed by atoms with E-state index in [1.54, 1.807) is 0 Å². The molecule has 2 unspecified atom stereocenters. The van der Waals surface area contributed by atoms with E-state index in [4.69, 9.17) is 0 Å². The van der Waals surface area contributed by atoms with Gasteiger partial charge in [0.25, 0.3) is 0 Å². The molecular weight excluding hydrogens is 248 g/mol. The average molecular weight is 272 g/mol. The third-order valence-electron chi connectivity index (χ3n) is 5.12. The first-order chi connectivity index (χ1) is 9.58. The second-order valence-corrected chi connectivity index (χ2v) is 6.49. The Morgan fingerprint density at radius 3 is 2.35 bits per heavy atom. The zero-order valence-corrected chi connectivity index (χ0v) is 12.7. The number of fused-ring (bicyclic) bond motifs is 2. The summed E-state index contributed by atoms with van der Waals surface area (Å²) in [6.45, 7) is 0. The lowest BCUT2D eigenvalue weighted by Crippen LogP contribution is -2.42. The van der Waals surface area contributed by atoms with Gasteiger partial charge in [0, 0.05) is 43.3 Å². The molecule has 1 aromatic rings. The number of rotatable bonds is 3. The van der Waals surface area contributed by atoms with Crippen molar-refractivity contribution >= 4 is 11.5 Å². The van der Waals surface area contributed by atoms with Crippen molar-refractivity contribution in [3.8, 4) is 0 Å². The molecule has 0 spiro atoms.